The lowest BCUT2D eigenvalue weighted by Crippen LogP contribution is -2.12. The van der Waals surface area contributed by atoms with Crippen LogP contribution in [0.15, 0.2) is 18.2 Å². The number of aryl methyl sites for hydroxylation is 1. The molecule has 2 aromatic rings. The van der Waals surface area contributed by atoms with Gasteiger partial charge in [-0.1, -0.05) is 12.1 Å². The molecular formula is C10H12N3O4P. The number of benzene rings is 1. The van der Waals surface area contributed by atoms with E-state index in [9.17, 15) is 9.36 Å². The van der Waals surface area contributed by atoms with Crippen molar-refractivity contribution >= 4 is 24.5 Å². The summed E-state index contributed by atoms with van der Waals surface area (Å²) in [6, 6.07) is 5.15. The summed E-state index contributed by atoms with van der Waals surface area (Å²) in [7, 11) is -4.05. The van der Waals surface area contributed by atoms with Gasteiger partial charge in [-0.3, -0.25) is 9.36 Å². The van der Waals surface area contributed by atoms with Crippen LogP contribution in [-0.4, -0.2) is 31.8 Å². The molecule has 96 valence electrons. The number of carbonyl (C=O) groups is 1. The highest BCUT2D eigenvalue weighted by atomic mass is 31.2. The van der Waals surface area contributed by atoms with Crippen molar-refractivity contribution in [2.75, 3.05) is 6.16 Å². The van der Waals surface area contributed by atoms with Gasteiger partial charge < -0.3 is 20.5 Å². The van der Waals surface area contributed by atoms with Crippen LogP contribution in [0.3, 0.4) is 0 Å². The van der Waals surface area contributed by atoms with Crippen LogP contribution in [0.1, 0.15) is 16.2 Å². The van der Waals surface area contributed by atoms with Crippen molar-refractivity contribution in [1.82, 2.24) is 9.97 Å². The molecule has 1 aromatic heterocycles. The molecule has 0 fully saturated rings. The molecule has 1 amide bonds. The molecule has 0 radical (unpaired) electrons. The lowest BCUT2D eigenvalue weighted by molar-refractivity contribution is 0.0991. The molecule has 0 bridgehead atoms. The first-order valence-electron chi connectivity index (χ1n) is 5.19. The van der Waals surface area contributed by atoms with Crippen LogP contribution >= 0.6 is 7.60 Å². The highest BCUT2D eigenvalue weighted by molar-refractivity contribution is 7.51. The van der Waals surface area contributed by atoms with E-state index in [-0.39, 0.29) is 18.4 Å². The van der Waals surface area contributed by atoms with E-state index in [0.717, 1.165) is 0 Å². The zero-order valence-corrected chi connectivity index (χ0v) is 10.2. The van der Waals surface area contributed by atoms with Crippen molar-refractivity contribution in [3.8, 4) is 0 Å². The summed E-state index contributed by atoms with van der Waals surface area (Å²) in [6.45, 7) is 0. The number of para-hydroxylation sites is 1. The van der Waals surface area contributed by atoms with Gasteiger partial charge in [-0.25, -0.2) is 4.98 Å². The number of nitrogens with two attached hydrogens (primary N) is 1. The maximum Gasteiger partial charge on any atom is 0.325 e. The topological polar surface area (TPSA) is 129 Å². The second-order valence-corrected chi connectivity index (χ2v) is 5.68. The number of hydrogen-bond acceptors (Lipinski definition) is 3. The maximum atomic E-state index is 11.0. The summed E-state index contributed by atoms with van der Waals surface area (Å²) in [4.78, 5) is 35.5. The number of hydrogen-bond donors (Lipinski definition) is 4. The Bertz CT molecular complexity index is 646. The van der Waals surface area contributed by atoms with Crippen molar-refractivity contribution in [2.24, 2.45) is 5.73 Å². The second-order valence-electron chi connectivity index (χ2n) is 3.90. The Morgan fingerprint density at radius 3 is 2.78 bits per heavy atom. The Morgan fingerprint density at radius 2 is 2.17 bits per heavy atom. The van der Waals surface area contributed by atoms with Gasteiger partial charge in [0.25, 0.3) is 5.91 Å². The van der Waals surface area contributed by atoms with Crippen LogP contribution in [0.2, 0.25) is 0 Å². The van der Waals surface area contributed by atoms with Crippen molar-refractivity contribution in [2.45, 2.75) is 6.42 Å². The third-order valence-corrected chi connectivity index (χ3v) is 3.31. The molecule has 0 atom stereocenters. The van der Waals surface area contributed by atoms with Crippen LogP contribution in [-0.2, 0) is 11.0 Å². The van der Waals surface area contributed by atoms with Gasteiger partial charge in [0.05, 0.1) is 17.2 Å². The molecule has 8 heteroatoms. The minimum absolute atomic E-state index is 0.0358. The fraction of sp³-hybridized carbons (Fsp3) is 0.200. The molecule has 18 heavy (non-hydrogen) atoms. The van der Waals surface area contributed by atoms with E-state index in [1.165, 1.54) is 0 Å². The van der Waals surface area contributed by atoms with Crippen LogP contribution in [0.4, 0.5) is 0 Å². The van der Waals surface area contributed by atoms with Gasteiger partial charge in [-0.15, -0.1) is 0 Å². The van der Waals surface area contributed by atoms with Crippen LogP contribution in [0.25, 0.3) is 11.0 Å². The Balaban J connectivity index is 2.39. The van der Waals surface area contributed by atoms with Crippen molar-refractivity contribution in [3.63, 3.8) is 0 Å². The molecule has 0 unspecified atom stereocenters. The molecule has 1 heterocycles. The molecule has 5 N–H and O–H groups in total. The highest BCUT2D eigenvalue weighted by Crippen LogP contribution is 2.35. The van der Waals surface area contributed by atoms with E-state index < -0.39 is 13.5 Å². The molecule has 0 aliphatic carbocycles. The Labute approximate surface area is 102 Å². The van der Waals surface area contributed by atoms with E-state index in [0.29, 0.717) is 16.6 Å². The summed E-state index contributed by atoms with van der Waals surface area (Å²) in [5.74, 6) is -0.638. The quantitative estimate of drug-likeness (QED) is 0.596. The molecule has 0 aliphatic heterocycles. The van der Waals surface area contributed by atoms with E-state index in [1.54, 1.807) is 18.2 Å². The molecule has 7 nitrogen and oxygen atoms in total. The number of H-pyrrole nitrogens is 1. The predicted molar refractivity (Wildman–Crippen MR) is 65.2 cm³/mol. The normalized spacial score (nSPS) is 11.9. The van der Waals surface area contributed by atoms with E-state index in [2.05, 4.69) is 9.97 Å². The summed E-state index contributed by atoms with van der Waals surface area (Å²) >= 11 is 0. The summed E-state index contributed by atoms with van der Waals surface area (Å²) in [6.07, 6.45) is -0.0739. The minimum atomic E-state index is -4.05. The summed E-state index contributed by atoms with van der Waals surface area (Å²) in [5.41, 5.74) is 6.91. The average molecular weight is 269 g/mol. The number of rotatable bonds is 4. The number of aromatic amines is 1. The monoisotopic (exact) mass is 269 g/mol. The number of fused-ring (bicyclic) bond motifs is 1. The van der Waals surface area contributed by atoms with Crippen LogP contribution < -0.4 is 5.73 Å². The summed E-state index contributed by atoms with van der Waals surface area (Å²) < 4.78 is 10.8. The maximum absolute atomic E-state index is 11.0. The molecule has 0 aliphatic rings. The Hall–Kier alpha value is -1.69. The van der Waals surface area contributed by atoms with Crippen molar-refractivity contribution in [1.29, 1.82) is 0 Å². The predicted octanol–water partition coefficient (Wildman–Crippen LogP) is 0.382. The summed E-state index contributed by atoms with van der Waals surface area (Å²) in [5, 5.41) is 0. The Kier molecular flexibility index (Phi) is 3.21. The number of carbonyl (C=O) groups excluding carboxylic acids is 1. The van der Waals surface area contributed by atoms with Crippen molar-refractivity contribution < 1.29 is 19.1 Å². The van der Waals surface area contributed by atoms with Gasteiger partial charge in [0, 0.05) is 0 Å². The third-order valence-electron chi connectivity index (χ3n) is 2.50. The first-order chi connectivity index (χ1) is 8.37. The van der Waals surface area contributed by atoms with Crippen molar-refractivity contribution in [3.05, 3.63) is 29.6 Å². The SMILES string of the molecule is NC(=O)c1nc2c(CCP(=O)(O)O)cccc2[nH]1. The third kappa shape index (κ3) is 2.76. The first-order valence-corrected chi connectivity index (χ1v) is 6.98. The Morgan fingerprint density at radius 1 is 1.44 bits per heavy atom. The molecule has 2 rings (SSSR count). The largest absolute Gasteiger partial charge is 0.363 e. The van der Waals surface area contributed by atoms with Gasteiger partial charge in [0.15, 0.2) is 5.82 Å². The zero-order valence-electron chi connectivity index (χ0n) is 9.33. The van der Waals surface area contributed by atoms with Gasteiger partial charge in [-0.05, 0) is 18.1 Å². The van der Waals surface area contributed by atoms with Crippen LogP contribution in [0.5, 0.6) is 0 Å². The standard InChI is InChI=1S/C10H12N3O4P/c11-9(14)10-12-7-3-1-2-6(8(7)13-10)4-5-18(15,16)17/h1-3H,4-5H2,(H2,11,14)(H,12,13)(H2,15,16,17). The van der Waals surface area contributed by atoms with Gasteiger partial charge in [0.2, 0.25) is 0 Å². The van der Waals surface area contributed by atoms with E-state index >= 15 is 0 Å². The molecule has 0 saturated heterocycles. The minimum Gasteiger partial charge on any atom is -0.363 e. The second kappa shape index (κ2) is 4.53. The zero-order chi connectivity index (χ0) is 13.3. The number of amides is 1. The average Bonchev–Trinajstić information content (AvgIpc) is 2.69. The fourth-order valence-electron chi connectivity index (χ4n) is 1.68. The lowest BCUT2D eigenvalue weighted by Gasteiger charge is -2.04. The number of primary amides is 1. The molecule has 0 spiro atoms. The smallest absolute Gasteiger partial charge is 0.325 e. The molecule has 1 aromatic carbocycles. The number of nitrogens with one attached hydrogen (secondary N) is 1. The lowest BCUT2D eigenvalue weighted by atomic mass is 10.1. The van der Waals surface area contributed by atoms with E-state index in [4.69, 9.17) is 15.5 Å². The van der Waals surface area contributed by atoms with E-state index in [1.807, 2.05) is 0 Å². The molecular weight excluding hydrogens is 257 g/mol. The number of imidazole rings is 1. The molecule has 0 saturated carbocycles. The highest BCUT2D eigenvalue weighted by Gasteiger charge is 2.15. The van der Waals surface area contributed by atoms with Gasteiger partial charge >= 0.3 is 7.60 Å². The first kappa shape index (κ1) is 12.8. The number of aromatic nitrogens is 2. The van der Waals surface area contributed by atoms with Gasteiger partial charge in [0.1, 0.15) is 0 Å². The van der Waals surface area contributed by atoms with Crippen LogP contribution in [0, 0.1) is 0 Å². The number of nitrogens with zero attached hydrogens (tertiary/aromatic N) is 1. The van der Waals surface area contributed by atoms with Gasteiger partial charge in [-0.2, -0.15) is 0 Å². The fourth-order valence-corrected chi connectivity index (χ4v) is 2.21.